The van der Waals surface area contributed by atoms with Crippen molar-refractivity contribution in [2.45, 2.75) is 26.8 Å². The summed E-state index contributed by atoms with van der Waals surface area (Å²) in [6.07, 6.45) is 0.543. The third kappa shape index (κ3) is 4.15. The average molecular weight is 321 g/mol. The van der Waals surface area contributed by atoms with Gasteiger partial charge in [-0.3, -0.25) is 4.79 Å². The summed E-state index contributed by atoms with van der Waals surface area (Å²) < 4.78 is 13.9. The minimum atomic E-state index is -0.795. The van der Waals surface area contributed by atoms with Crippen LogP contribution in [0.4, 0.5) is 4.39 Å². The molecule has 0 aliphatic heterocycles. The molecule has 118 valence electrons. The van der Waals surface area contributed by atoms with E-state index in [2.05, 4.69) is 5.32 Å². The number of hydrogen-bond acceptors (Lipinski definition) is 3. The van der Waals surface area contributed by atoms with Gasteiger partial charge >= 0.3 is 5.97 Å². The average Bonchev–Trinajstić information content (AvgIpc) is 2.99. The second-order valence-corrected chi connectivity index (χ2v) is 6.86. The topological polar surface area (TPSA) is 49.3 Å². The van der Waals surface area contributed by atoms with Gasteiger partial charge in [-0.05, 0) is 56.0 Å². The first-order chi connectivity index (χ1) is 10.4. The highest BCUT2D eigenvalue weighted by Gasteiger charge is 2.26. The summed E-state index contributed by atoms with van der Waals surface area (Å²) in [5, 5.41) is 14.2. The van der Waals surface area contributed by atoms with Crippen LogP contribution in [0.2, 0.25) is 0 Å². The molecular weight excluding hydrogens is 301 g/mol. The largest absolute Gasteiger partial charge is 0.481 e. The third-order valence-electron chi connectivity index (χ3n) is 3.65. The number of aliphatic carboxylic acids is 1. The van der Waals surface area contributed by atoms with Crippen LogP contribution in [0.3, 0.4) is 0 Å². The summed E-state index contributed by atoms with van der Waals surface area (Å²) in [7, 11) is 0. The lowest BCUT2D eigenvalue weighted by molar-refractivity contribution is -0.147. The first-order valence-electron chi connectivity index (χ1n) is 7.16. The van der Waals surface area contributed by atoms with E-state index < -0.39 is 11.4 Å². The van der Waals surface area contributed by atoms with E-state index in [0.29, 0.717) is 25.1 Å². The van der Waals surface area contributed by atoms with Gasteiger partial charge in [-0.25, -0.2) is 4.39 Å². The molecule has 1 aromatic heterocycles. The molecule has 0 saturated heterocycles. The molecule has 0 amide bonds. The Bertz CT molecular complexity index is 638. The molecule has 1 heterocycles. The lowest BCUT2D eigenvalue weighted by atomic mass is 9.90. The summed E-state index contributed by atoms with van der Waals surface area (Å²) in [6, 6.07) is 8.87. The van der Waals surface area contributed by atoms with Crippen molar-refractivity contribution >= 4 is 17.3 Å². The van der Waals surface area contributed by atoms with Crippen LogP contribution in [-0.2, 0) is 11.3 Å². The maximum absolute atomic E-state index is 13.9. The fourth-order valence-electron chi connectivity index (χ4n) is 2.04. The van der Waals surface area contributed by atoms with Crippen LogP contribution in [0.1, 0.15) is 25.8 Å². The second kappa shape index (κ2) is 7.03. The number of carboxylic acids is 1. The van der Waals surface area contributed by atoms with Gasteiger partial charge in [0, 0.05) is 17.0 Å². The van der Waals surface area contributed by atoms with Crippen molar-refractivity contribution in [3.05, 3.63) is 47.1 Å². The quantitative estimate of drug-likeness (QED) is 0.753. The summed E-state index contributed by atoms with van der Waals surface area (Å²) in [6.45, 7) is 4.62. The Morgan fingerprint density at radius 1 is 1.36 bits per heavy atom. The van der Waals surface area contributed by atoms with E-state index in [0.717, 1.165) is 10.4 Å². The zero-order valence-electron chi connectivity index (χ0n) is 12.7. The Labute approximate surface area is 133 Å². The number of benzene rings is 1. The number of hydrogen-bond donors (Lipinski definition) is 2. The molecule has 2 aromatic rings. The van der Waals surface area contributed by atoms with Crippen LogP contribution in [-0.4, -0.2) is 17.6 Å². The highest BCUT2D eigenvalue weighted by molar-refractivity contribution is 7.13. The first-order valence-corrected chi connectivity index (χ1v) is 8.04. The third-order valence-corrected chi connectivity index (χ3v) is 4.56. The van der Waals surface area contributed by atoms with Crippen molar-refractivity contribution in [1.29, 1.82) is 0 Å². The maximum Gasteiger partial charge on any atom is 0.309 e. The summed E-state index contributed by atoms with van der Waals surface area (Å²) in [5.41, 5.74) is 0.857. The van der Waals surface area contributed by atoms with Crippen LogP contribution in [0.25, 0.3) is 10.4 Å². The van der Waals surface area contributed by atoms with E-state index in [1.165, 1.54) is 17.4 Å². The molecule has 0 aliphatic rings. The molecule has 0 atom stereocenters. The van der Waals surface area contributed by atoms with E-state index in [4.69, 9.17) is 5.11 Å². The lowest BCUT2D eigenvalue weighted by Crippen LogP contribution is -2.28. The molecule has 0 unspecified atom stereocenters. The van der Waals surface area contributed by atoms with E-state index in [1.54, 1.807) is 19.9 Å². The smallest absolute Gasteiger partial charge is 0.309 e. The maximum atomic E-state index is 13.9. The van der Waals surface area contributed by atoms with Crippen molar-refractivity contribution < 1.29 is 14.3 Å². The molecule has 0 bridgehead atoms. The molecule has 0 saturated carbocycles. The number of carbonyl (C=O) groups is 1. The van der Waals surface area contributed by atoms with E-state index >= 15 is 0 Å². The monoisotopic (exact) mass is 321 g/mol. The van der Waals surface area contributed by atoms with Gasteiger partial charge in [-0.15, -0.1) is 11.3 Å². The van der Waals surface area contributed by atoms with Gasteiger partial charge in [-0.1, -0.05) is 12.1 Å². The SMILES string of the molecule is CC(C)(CCNCc1ccc(F)c(-c2cccs2)c1)C(=O)O. The number of halogens is 1. The van der Waals surface area contributed by atoms with Crippen LogP contribution in [0, 0.1) is 11.2 Å². The van der Waals surface area contributed by atoms with E-state index in [-0.39, 0.29) is 5.82 Å². The van der Waals surface area contributed by atoms with Gasteiger partial charge < -0.3 is 10.4 Å². The van der Waals surface area contributed by atoms with Gasteiger partial charge in [0.05, 0.1) is 5.41 Å². The predicted octanol–water partition coefficient (Wildman–Crippen LogP) is 4.14. The van der Waals surface area contributed by atoms with Crippen LogP contribution >= 0.6 is 11.3 Å². The lowest BCUT2D eigenvalue weighted by Gasteiger charge is -2.19. The Morgan fingerprint density at radius 3 is 2.77 bits per heavy atom. The highest BCUT2D eigenvalue weighted by Crippen LogP contribution is 2.28. The van der Waals surface area contributed by atoms with Gasteiger partial charge in [0.1, 0.15) is 5.82 Å². The molecule has 0 aliphatic carbocycles. The number of nitrogens with one attached hydrogen (secondary N) is 1. The van der Waals surface area contributed by atoms with Crippen LogP contribution < -0.4 is 5.32 Å². The normalized spacial score (nSPS) is 11.6. The number of thiophene rings is 1. The fraction of sp³-hybridized carbons (Fsp3) is 0.353. The van der Waals surface area contributed by atoms with Crippen molar-refractivity contribution in [2.75, 3.05) is 6.54 Å². The fourth-order valence-corrected chi connectivity index (χ4v) is 2.79. The van der Waals surface area contributed by atoms with Crippen molar-refractivity contribution in [1.82, 2.24) is 5.32 Å². The summed E-state index contributed by atoms with van der Waals surface area (Å²) in [4.78, 5) is 11.9. The van der Waals surface area contributed by atoms with Crippen molar-refractivity contribution in [3.63, 3.8) is 0 Å². The van der Waals surface area contributed by atoms with Gasteiger partial charge in [0.2, 0.25) is 0 Å². The van der Waals surface area contributed by atoms with Crippen LogP contribution in [0.5, 0.6) is 0 Å². The number of rotatable bonds is 7. The highest BCUT2D eigenvalue weighted by atomic mass is 32.1. The van der Waals surface area contributed by atoms with Crippen molar-refractivity contribution in [3.8, 4) is 10.4 Å². The second-order valence-electron chi connectivity index (χ2n) is 5.91. The van der Waals surface area contributed by atoms with Crippen LogP contribution in [0.15, 0.2) is 35.7 Å². The molecule has 1 aromatic carbocycles. The minimum Gasteiger partial charge on any atom is -0.481 e. The van der Waals surface area contributed by atoms with Gasteiger partial charge in [0.15, 0.2) is 0 Å². The standard InChI is InChI=1S/C17H20FNO2S/c1-17(2,16(20)21)7-8-19-11-12-5-6-14(18)13(10-12)15-4-3-9-22-15/h3-6,9-10,19H,7-8,11H2,1-2H3,(H,20,21). The Kier molecular flexibility index (Phi) is 5.32. The molecule has 3 nitrogen and oxygen atoms in total. The minimum absolute atomic E-state index is 0.224. The summed E-state index contributed by atoms with van der Waals surface area (Å²) in [5.74, 6) is -1.02. The summed E-state index contributed by atoms with van der Waals surface area (Å²) >= 11 is 1.51. The van der Waals surface area contributed by atoms with Gasteiger partial charge in [0.25, 0.3) is 0 Å². The zero-order chi connectivity index (χ0) is 16.2. The number of carboxylic acid groups (broad SMARTS) is 1. The molecule has 0 spiro atoms. The Hall–Kier alpha value is -1.72. The van der Waals surface area contributed by atoms with E-state index in [1.807, 2.05) is 23.6 Å². The molecule has 22 heavy (non-hydrogen) atoms. The molecule has 2 rings (SSSR count). The predicted molar refractivity (Wildman–Crippen MR) is 87.5 cm³/mol. The molecule has 5 heteroatoms. The van der Waals surface area contributed by atoms with E-state index in [9.17, 15) is 9.18 Å². The molecular formula is C17H20FNO2S. The van der Waals surface area contributed by atoms with Crippen molar-refractivity contribution in [2.24, 2.45) is 5.41 Å². The Morgan fingerprint density at radius 2 is 2.14 bits per heavy atom. The molecule has 0 radical (unpaired) electrons. The zero-order valence-corrected chi connectivity index (χ0v) is 13.5. The molecule has 2 N–H and O–H groups in total. The van der Waals surface area contributed by atoms with Gasteiger partial charge in [-0.2, -0.15) is 0 Å². The Balaban J connectivity index is 1.94. The first kappa shape index (κ1) is 16.6. The molecule has 0 fully saturated rings.